The molecular weight excluding hydrogens is 352 g/mol. The Morgan fingerprint density at radius 2 is 1.92 bits per heavy atom. The van der Waals surface area contributed by atoms with Gasteiger partial charge in [-0.05, 0) is 31.0 Å². The van der Waals surface area contributed by atoms with Crippen LogP contribution in [0.2, 0.25) is 5.02 Å². The third-order valence-corrected chi connectivity index (χ3v) is 5.64. The number of hydrogen-bond acceptors (Lipinski definition) is 4. The molecule has 6 nitrogen and oxygen atoms in total. The van der Waals surface area contributed by atoms with Crippen molar-refractivity contribution in [2.45, 2.75) is 26.4 Å². The van der Waals surface area contributed by atoms with Crippen LogP contribution in [-0.4, -0.2) is 62.1 Å². The molecule has 0 aliphatic carbocycles. The zero-order chi connectivity index (χ0) is 17.9. The highest BCUT2D eigenvalue weighted by Crippen LogP contribution is 2.27. The maximum absolute atomic E-state index is 12.7. The van der Waals surface area contributed by atoms with Crippen LogP contribution in [0.15, 0.2) is 18.2 Å². The SMILES string of the molecule is CC[C@@H](Oc1cc(C)ccc1Cl)C(=O)N1CCN(S(C)(=O)=O)CC1. The zero-order valence-corrected chi connectivity index (χ0v) is 15.7. The maximum atomic E-state index is 12.7. The van der Waals surface area contributed by atoms with Crippen LogP contribution < -0.4 is 4.74 Å². The first-order chi connectivity index (χ1) is 11.2. The number of hydrogen-bond donors (Lipinski definition) is 0. The summed E-state index contributed by atoms with van der Waals surface area (Å²) in [6, 6.07) is 5.43. The van der Waals surface area contributed by atoms with Gasteiger partial charge < -0.3 is 9.64 Å². The molecule has 1 saturated heterocycles. The van der Waals surface area contributed by atoms with Gasteiger partial charge in [0.1, 0.15) is 5.75 Å². The number of rotatable bonds is 5. The summed E-state index contributed by atoms with van der Waals surface area (Å²) < 4.78 is 30.3. The molecule has 134 valence electrons. The molecule has 0 saturated carbocycles. The maximum Gasteiger partial charge on any atom is 0.263 e. The fourth-order valence-corrected chi connectivity index (χ4v) is 3.59. The third kappa shape index (κ3) is 4.62. The predicted molar refractivity (Wildman–Crippen MR) is 93.9 cm³/mol. The Hall–Kier alpha value is -1.31. The Kier molecular flexibility index (Phi) is 6.11. The molecule has 0 unspecified atom stereocenters. The zero-order valence-electron chi connectivity index (χ0n) is 14.2. The van der Waals surface area contributed by atoms with Crippen molar-refractivity contribution in [3.63, 3.8) is 0 Å². The van der Waals surface area contributed by atoms with Gasteiger partial charge in [0.05, 0.1) is 11.3 Å². The van der Waals surface area contributed by atoms with Crippen molar-refractivity contribution < 1.29 is 17.9 Å². The highest BCUT2D eigenvalue weighted by Gasteiger charge is 2.30. The highest BCUT2D eigenvalue weighted by atomic mass is 35.5. The third-order valence-electron chi connectivity index (χ3n) is 4.02. The summed E-state index contributed by atoms with van der Waals surface area (Å²) in [4.78, 5) is 14.3. The van der Waals surface area contributed by atoms with Crippen LogP contribution in [0.5, 0.6) is 5.75 Å². The second kappa shape index (κ2) is 7.72. The second-order valence-corrected chi connectivity index (χ2v) is 8.33. The molecule has 1 aliphatic heterocycles. The van der Waals surface area contributed by atoms with E-state index in [2.05, 4.69) is 0 Å². The molecule has 2 rings (SSSR count). The molecule has 24 heavy (non-hydrogen) atoms. The number of sulfonamides is 1. The molecule has 0 N–H and O–H groups in total. The first-order valence-corrected chi connectivity index (χ1v) is 10.1. The number of aryl methyl sites for hydroxylation is 1. The smallest absolute Gasteiger partial charge is 0.263 e. The van der Waals surface area contributed by atoms with Crippen LogP contribution in [0.1, 0.15) is 18.9 Å². The molecule has 0 spiro atoms. The lowest BCUT2D eigenvalue weighted by Gasteiger charge is -2.35. The normalized spacial score (nSPS) is 17.6. The van der Waals surface area contributed by atoms with E-state index in [1.54, 1.807) is 17.0 Å². The molecule has 8 heteroatoms. The number of nitrogens with zero attached hydrogens (tertiary/aromatic N) is 2. The average Bonchev–Trinajstić information content (AvgIpc) is 2.54. The minimum absolute atomic E-state index is 0.136. The molecule has 1 aromatic rings. The van der Waals surface area contributed by atoms with Gasteiger partial charge in [-0.15, -0.1) is 0 Å². The van der Waals surface area contributed by atoms with Crippen LogP contribution in [-0.2, 0) is 14.8 Å². The molecular formula is C16H23ClN2O4S. The molecule has 0 aromatic heterocycles. The first kappa shape index (κ1) is 19.0. The number of carbonyl (C=O) groups excluding carboxylic acids is 1. The Balaban J connectivity index is 2.03. The van der Waals surface area contributed by atoms with E-state index in [-0.39, 0.29) is 5.91 Å². The van der Waals surface area contributed by atoms with Crippen LogP contribution in [0.4, 0.5) is 0 Å². The number of halogens is 1. The van der Waals surface area contributed by atoms with Crippen LogP contribution >= 0.6 is 11.6 Å². The van der Waals surface area contributed by atoms with E-state index in [9.17, 15) is 13.2 Å². The van der Waals surface area contributed by atoms with E-state index < -0.39 is 16.1 Å². The van der Waals surface area contributed by atoms with Crippen molar-refractivity contribution >= 4 is 27.5 Å². The van der Waals surface area contributed by atoms with Crippen LogP contribution in [0.25, 0.3) is 0 Å². The van der Waals surface area contributed by atoms with Gasteiger partial charge in [-0.3, -0.25) is 4.79 Å². The summed E-state index contributed by atoms with van der Waals surface area (Å²) in [5, 5.41) is 0.466. The number of piperazine rings is 1. The Morgan fingerprint density at radius 3 is 2.46 bits per heavy atom. The lowest BCUT2D eigenvalue weighted by atomic mass is 10.2. The molecule has 1 amide bonds. The lowest BCUT2D eigenvalue weighted by molar-refractivity contribution is -0.140. The molecule has 0 radical (unpaired) electrons. The molecule has 1 aliphatic rings. The Labute approximate surface area is 148 Å². The van der Waals surface area contributed by atoms with Crippen molar-refractivity contribution in [3.8, 4) is 5.75 Å². The summed E-state index contributed by atoms with van der Waals surface area (Å²) in [6.45, 7) is 5.16. The summed E-state index contributed by atoms with van der Waals surface area (Å²) in [6.07, 6.45) is 1.06. The fraction of sp³-hybridized carbons (Fsp3) is 0.562. The van der Waals surface area contributed by atoms with Gasteiger partial charge in [-0.25, -0.2) is 8.42 Å². The number of carbonyl (C=O) groups is 1. The highest BCUT2D eigenvalue weighted by molar-refractivity contribution is 7.88. The van der Waals surface area contributed by atoms with Gasteiger partial charge in [0, 0.05) is 26.2 Å². The van der Waals surface area contributed by atoms with Crippen LogP contribution in [0, 0.1) is 6.92 Å². The van der Waals surface area contributed by atoms with E-state index >= 15 is 0 Å². The van der Waals surface area contributed by atoms with Gasteiger partial charge in [-0.1, -0.05) is 24.6 Å². The lowest BCUT2D eigenvalue weighted by Crippen LogP contribution is -2.53. The Bertz CT molecular complexity index is 700. The van der Waals surface area contributed by atoms with Gasteiger partial charge in [0.2, 0.25) is 10.0 Å². The van der Waals surface area contributed by atoms with Gasteiger partial charge >= 0.3 is 0 Å². The molecule has 1 fully saturated rings. The predicted octanol–water partition coefficient (Wildman–Crippen LogP) is 1.91. The fourth-order valence-electron chi connectivity index (χ4n) is 2.61. The number of benzene rings is 1. The topological polar surface area (TPSA) is 66.9 Å². The van der Waals surface area contributed by atoms with Crippen molar-refractivity contribution in [2.75, 3.05) is 32.4 Å². The van der Waals surface area contributed by atoms with Gasteiger partial charge in [0.15, 0.2) is 6.10 Å². The quantitative estimate of drug-likeness (QED) is 0.789. The summed E-state index contributed by atoms with van der Waals surface area (Å²) in [7, 11) is -3.21. The number of ether oxygens (including phenoxy) is 1. The van der Waals surface area contributed by atoms with E-state index in [4.69, 9.17) is 16.3 Å². The van der Waals surface area contributed by atoms with Gasteiger partial charge in [-0.2, -0.15) is 4.31 Å². The molecule has 0 bridgehead atoms. The van der Waals surface area contributed by atoms with Gasteiger partial charge in [0.25, 0.3) is 5.91 Å². The first-order valence-electron chi connectivity index (χ1n) is 7.89. The summed E-state index contributed by atoms with van der Waals surface area (Å²) in [5.74, 6) is 0.356. The van der Waals surface area contributed by atoms with E-state index in [0.29, 0.717) is 43.4 Å². The standard InChI is InChI=1S/C16H23ClN2O4S/c1-4-14(23-15-11-12(2)5-6-13(15)17)16(20)18-7-9-19(10-8-18)24(3,21)22/h5-6,11,14H,4,7-10H2,1-3H3/t14-/m1/s1. The summed E-state index contributed by atoms with van der Waals surface area (Å²) >= 11 is 6.13. The van der Waals surface area contributed by atoms with E-state index in [1.165, 1.54) is 10.6 Å². The van der Waals surface area contributed by atoms with Crippen LogP contribution in [0.3, 0.4) is 0 Å². The second-order valence-electron chi connectivity index (χ2n) is 5.94. The number of amides is 1. The monoisotopic (exact) mass is 374 g/mol. The molecule has 1 aromatic carbocycles. The molecule has 1 atom stereocenters. The Morgan fingerprint density at radius 1 is 1.29 bits per heavy atom. The van der Waals surface area contributed by atoms with Crippen molar-refractivity contribution in [2.24, 2.45) is 0 Å². The molecule has 1 heterocycles. The van der Waals surface area contributed by atoms with E-state index in [0.717, 1.165) is 5.56 Å². The average molecular weight is 375 g/mol. The minimum atomic E-state index is -3.21. The summed E-state index contributed by atoms with van der Waals surface area (Å²) in [5.41, 5.74) is 0.999. The van der Waals surface area contributed by atoms with Crippen molar-refractivity contribution in [1.29, 1.82) is 0 Å². The largest absolute Gasteiger partial charge is 0.479 e. The van der Waals surface area contributed by atoms with E-state index in [1.807, 2.05) is 19.9 Å². The minimum Gasteiger partial charge on any atom is -0.479 e. The van der Waals surface area contributed by atoms with Crippen molar-refractivity contribution in [3.05, 3.63) is 28.8 Å². The van der Waals surface area contributed by atoms with Crippen molar-refractivity contribution in [1.82, 2.24) is 9.21 Å².